The quantitative estimate of drug-likeness (QED) is 0.827. The van der Waals surface area contributed by atoms with Crippen LogP contribution in [0.2, 0.25) is 0 Å². The van der Waals surface area contributed by atoms with E-state index in [2.05, 4.69) is 0 Å². The molecular formula is C14H20FNO3. The lowest BCUT2D eigenvalue weighted by Gasteiger charge is -2.25. The molecule has 1 atom stereocenters. The summed E-state index contributed by atoms with van der Waals surface area (Å²) in [6, 6.07) is 4.90. The van der Waals surface area contributed by atoms with Crippen molar-refractivity contribution in [2.75, 3.05) is 20.7 Å². The number of carbonyl (C=O) groups is 1. The summed E-state index contributed by atoms with van der Waals surface area (Å²) in [6.07, 6.45) is 0.725. The summed E-state index contributed by atoms with van der Waals surface area (Å²) in [5, 5.41) is 8.59. The first-order valence-corrected chi connectivity index (χ1v) is 6.21. The Balaban J connectivity index is 2.63. The van der Waals surface area contributed by atoms with Gasteiger partial charge in [-0.3, -0.25) is 9.69 Å². The number of nitrogens with zero attached hydrogens (tertiary/aromatic N) is 1. The second-order valence-corrected chi connectivity index (χ2v) is 4.55. The Bertz CT molecular complexity index is 437. The number of ether oxygens (including phenoxy) is 1. The average molecular weight is 269 g/mol. The van der Waals surface area contributed by atoms with E-state index in [9.17, 15) is 9.18 Å². The molecule has 5 heteroatoms. The molecule has 1 unspecified atom stereocenters. The lowest BCUT2D eigenvalue weighted by Crippen LogP contribution is -2.24. The fourth-order valence-corrected chi connectivity index (χ4v) is 1.87. The zero-order chi connectivity index (χ0) is 14.4. The molecule has 0 fully saturated rings. The van der Waals surface area contributed by atoms with Gasteiger partial charge in [0.2, 0.25) is 0 Å². The van der Waals surface area contributed by atoms with E-state index < -0.39 is 5.97 Å². The summed E-state index contributed by atoms with van der Waals surface area (Å²) in [5.41, 5.74) is 0.844. The Morgan fingerprint density at radius 2 is 2.21 bits per heavy atom. The minimum atomic E-state index is -0.795. The van der Waals surface area contributed by atoms with Crippen LogP contribution in [-0.2, 0) is 4.79 Å². The topological polar surface area (TPSA) is 49.8 Å². The summed E-state index contributed by atoms with van der Waals surface area (Å²) in [7, 11) is 3.33. The number of rotatable bonds is 7. The van der Waals surface area contributed by atoms with Crippen LogP contribution in [0.5, 0.6) is 5.75 Å². The molecule has 0 aromatic heterocycles. The van der Waals surface area contributed by atoms with Crippen molar-refractivity contribution in [2.45, 2.75) is 25.8 Å². The van der Waals surface area contributed by atoms with Crippen LogP contribution >= 0.6 is 0 Å². The molecule has 1 aromatic rings. The minimum Gasteiger partial charge on any atom is -0.494 e. The third kappa shape index (κ3) is 4.52. The van der Waals surface area contributed by atoms with Crippen molar-refractivity contribution in [2.24, 2.45) is 0 Å². The molecule has 0 radical (unpaired) electrons. The van der Waals surface area contributed by atoms with Gasteiger partial charge in [-0.2, -0.15) is 0 Å². The SMILES string of the molecule is COc1ccc(C(C)N(C)CCCC(=O)O)cc1F. The van der Waals surface area contributed by atoms with E-state index in [0.717, 1.165) is 5.56 Å². The molecule has 0 heterocycles. The van der Waals surface area contributed by atoms with Crippen molar-refractivity contribution in [1.29, 1.82) is 0 Å². The average Bonchev–Trinajstić information content (AvgIpc) is 2.37. The third-order valence-electron chi connectivity index (χ3n) is 3.22. The number of halogens is 1. The fraction of sp³-hybridized carbons (Fsp3) is 0.500. The molecule has 0 saturated carbocycles. The number of benzene rings is 1. The summed E-state index contributed by atoms with van der Waals surface area (Å²) < 4.78 is 18.5. The maximum absolute atomic E-state index is 13.6. The molecule has 0 aliphatic heterocycles. The molecule has 1 rings (SSSR count). The highest BCUT2D eigenvalue weighted by molar-refractivity contribution is 5.66. The van der Waals surface area contributed by atoms with Gasteiger partial charge < -0.3 is 9.84 Å². The van der Waals surface area contributed by atoms with Gasteiger partial charge in [0.1, 0.15) is 0 Å². The predicted octanol–water partition coefficient (Wildman–Crippen LogP) is 2.69. The van der Waals surface area contributed by atoms with E-state index >= 15 is 0 Å². The number of carboxylic acids is 1. The molecule has 19 heavy (non-hydrogen) atoms. The molecule has 0 aliphatic carbocycles. The van der Waals surface area contributed by atoms with Gasteiger partial charge in [0.05, 0.1) is 7.11 Å². The Morgan fingerprint density at radius 1 is 1.53 bits per heavy atom. The van der Waals surface area contributed by atoms with Crippen LogP contribution in [0.1, 0.15) is 31.4 Å². The van der Waals surface area contributed by atoms with Crippen LogP contribution < -0.4 is 4.74 Å². The van der Waals surface area contributed by atoms with Crippen molar-refractivity contribution in [3.8, 4) is 5.75 Å². The molecule has 0 bridgehead atoms. The van der Waals surface area contributed by atoms with Crippen LogP contribution in [-0.4, -0.2) is 36.7 Å². The zero-order valence-electron chi connectivity index (χ0n) is 11.5. The number of carboxylic acid groups (broad SMARTS) is 1. The number of hydrogen-bond acceptors (Lipinski definition) is 3. The Morgan fingerprint density at radius 3 is 2.74 bits per heavy atom. The fourth-order valence-electron chi connectivity index (χ4n) is 1.87. The number of aliphatic carboxylic acids is 1. The lowest BCUT2D eigenvalue weighted by atomic mass is 10.1. The van der Waals surface area contributed by atoms with Gasteiger partial charge in [0.25, 0.3) is 0 Å². The molecule has 0 spiro atoms. The monoisotopic (exact) mass is 269 g/mol. The predicted molar refractivity (Wildman–Crippen MR) is 70.9 cm³/mol. The van der Waals surface area contributed by atoms with E-state index in [1.54, 1.807) is 6.07 Å². The smallest absolute Gasteiger partial charge is 0.303 e. The Hall–Kier alpha value is -1.62. The second-order valence-electron chi connectivity index (χ2n) is 4.55. The number of methoxy groups -OCH3 is 1. The van der Waals surface area contributed by atoms with Crippen LogP contribution in [0.3, 0.4) is 0 Å². The van der Waals surface area contributed by atoms with E-state index in [0.29, 0.717) is 13.0 Å². The first-order chi connectivity index (χ1) is 8.95. The van der Waals surface area contributed by atoms with Crippen molar-refractivity contribution in [3.05, 3.63) is 29.6 Å². The summed E-state index contributed by atoms with van der Waals surface area (Å²) in [6.45, 7) is 2.61. The van der Waals surface area contributed by atoms with Crippen LogP contribution in [0, 0.1) is 5.82 Å². The van der Waals surface area contributed by atoms with E-state index in [1.165, 1.54) is 13.2 Å². The first-order valence-electron chi connectivity index (χ1n) is 6.21. The first kappa shape index (κ1) is 15.4. The highest BCUT2D eigenvalue weighted by Crippen LogP contribution is 2.24. The standard InChI is InChI=1S/C14H20FNO3/c1-10(16(2)8-4-5-14(17)18)11-6-7-13(19-3)12(15)9-11/h6-7,9-10H,4-5,8H2,1-3H3,(H,17,18). The molecular weight excluding hydrogens is 249 g/mol. The maximum Gasteiger partial charge on any atom is 0.303 e. The van der Waals surface area contributed by atoms with Gasteiger partial charge >= 0.3 is 5.97 Å². The summed E-state index contributed by atoms with van der Waals surface area (Å²) >= 11 is 0. The number of hydrogen-bond donors (Lipinski definition) is 1. The van der Waals surface area contributed by atoms with Crippen LogP contribution in [0.25, 0.3) is 0 Å². The van der Waals surface area contributed by atoms with Gasteiger partial charge in [-0.25, -0.2) is 4.39 Å². The molecule has 0 amide bonds. The van der Waals surface area contributed by atoms with Gasteiger partial charge in [-0.15, -0.1) is 0 Å². The van der Waals surface area contributed by atoms with Gasteiger partial charge in [0.15, 0.2) is 11.6 Å². The van der Waals surface area contributed by atoms with E-state index in [-0.39, 0.29) is 24.0 Å². The van der Waals surface area contributed by atoms with Crippen LogP contribution in [0.15, 0.2) is 18.2 Å². The summed E-state index contributed by atoms with van der Waals surface area (Å²) in [5.74, 6) is -0.952. The second kappa shape index (κ2) is 7.09. The molecule has 0 aliphatic rings. The Kier molecular flexibility index (Phi) is 5.76. The maximum atomic E-state index is 13.6. The van der Waals surface area contributed by atoms with Gasteiger partial charge in [-0.05, 0) is 44.6 Å². The van der Waals surface area contributed by atoms with Crippen molar-refractivity contribution >= 4 is 5.97 Å². The lowest BCUT2D eigenvalue weighted by molar-refractivity contribution is -0.137. The molecule has 1 N–H and O–H groups in total. The largest absolute Gasteiger partial charge is 0.494 e. The van der Waals surface area contributed by atoms with Crippen molar-refractivity contribution in [1.82, 2.24) is 4.90 Å². The Labute approximate surface area is 112 Å². The van der Waals surface area contributed by atoms with Crippen molar-refractivity contribution < 1.29 is 19.0 Å². The van der Waals surface area contributed by atoms with Crippen LogP contribution in [0.4, 0.5) is 4.39 Å². The molecule has 4 nitrogen and oxygen atoms in total. The highest BCUT2D eigenvalue weighted by atomic mass is 19.1. The van der Waals surface area contributed by atoms with Crippen molar-refractivity contribution in [3.63, 3.8) is 0 Å². The van der Waals surface area contributed by atoms with Gasteiger partial charge in [0, 0.05) is 12.5 Å². The molecule has 106 valence electrons. The highest BCUT2D eigenvalue weighted by Gasteiger charge is 2.14. The summed E-state index contributed by atoms with van der Waals surface area (Å²) in [4.78, 5) is 12.5. The normalized spacial score (nSPS) is 12.5. The minimum absolute atomic E-state index is 0.0224. The van der Waals surface area contributed by atoms with E-state index in [4.69, 9.17) is 9.84 Å². The molecule has 0 saturated heterocycles. The van der Waals surface area contributed by atoms with E-state index in [1.807, 2.05) is 24.9 Å². The van der Waals surface area contributed by atoms with Gasteiger partial charge in [-0.1, -0.05) is 6.07 Å². The third-order valence-corrected chi connectivity index (χ3v) is 3.22. The molecule has 1 aromatic carbocycles. The zero-order valence-corrected chi connectivity index (χ0v) is 11.5.